The lowest BCUT2D eigenvalue weighted by Gasteiger charge is -2.24. The van der Waals surface area contributed by atoms with Gasteiger partial charge in [0.25, 0.3) is 0 Å². The maximum Gasteiger partial charge on any atom is 0.223 e. The molecule has 0 radical (unpaired) electrons. The number of nitrogens with one attached hydrogen (secondary N) is 3. The van der Waals surface area contributed by atoms with E-state index in [4.69, 9.17) is 14.5 Å². The third-order valence-corrected chi connectivity index (χ3v) is 5.58. The summed E-state index contributed by atoms with van der Waals surface area (Å²) in [6.07, 6.45) is 5.18. The molecule has 0 spiro atoms. The van der Waals surface area contributed by atoms with E-state index in [1.165, 1.54) is 12.0 Å². The first kappa shape index (κ1) is 25.7. The Morgan fingerprint density at radius 3 is 2.68 bits per heavy atom. The summed E-state index contributed by atoms with van der Waals surface area (Å²) in [5.41, 5.74) is 2.24. The Labute approximate surface area is 203 Å². The van der Waals surface area contributed by atoms with Gasteiger partial charge in [-0.2, -0.15) is 0 Å². The average molecular weight is 544 g/mol. The number of benzene rings is 1. The van der Waals surface area contributed by atoms with Gasteiger partial charge in [-0.05, 0) is 44.7 Å². The molecule has 1 atom stereocenters. The van der Waals surface area contributed by atoms with Gasteiger partial charge in [0.15, 0.2) is 5.96 Å². The lowest BCUT2D eigenvalue weighted by Crippen LogP contribution is -2.39. The second kappa shape index (κ2) is 13.8. The number of ether oxygens (including phenoxy) is 2. The van der Waals surface area contributed by atoms with Gasteiger partial charge in [-0.15, -0.1) is 24.0 Å². The number of nitrogens with zero attached hydrogens (tertiary/aromatic N) is 1. The second-order valence-corrected chi connectivity index (χ2v) is 8.11. The highest BCUT2D eigenvalue weighted by Gasteiger charge is 2.24. The highest BCUT2D eigenvalue weighted by atomic mass is 127. The molecule has 1 saturated heterocycles. The van der Waals surface area contributed by atoms with E-state index in [2.05, 4.69) is 48.0 Å². The Kier molecular flexibility index (Phi) is 11.4. The summed E-state index contributed by atoms with van der Waals surface area (Å²) < 4.78 is 11.6. The number of aliphatic imine (C=N–C) groups is 1. The molecule has 3 rings (SSSR count). The van der Waals surface area contributed by atoms with Crippen LogP contribution in [0.2, 0.25) is 0 Å². The number of guanidine groups is 1. The number of hydrogen-bond acceptors (Lipinski definition) is 4. The van der Waals surface area contributed by atoms with Crippen LogP contribution < -0.4 is 20.7 Å². The summed E-state index contributed by atoms with van der Waals surface area (Å²) >= 11 is 0. The highest BCUT2D eigenvalue weighted by Crippen LogP contribution is 2.26. The molecule has 2 fully saturated rings. The van der Waals surface area contributed by atoms with Crippen LogP contribution in [0.15, 0.2) is 23.2 Å². The summed E-state index contributed by atoms with van der Waals surface area (Å²) in [5.74, 6) is 2.13. The summed E-state index contributed by atoms with van der Waals surface area (Å²) in [5, 5.41) is 9.67. The van der Waals surface area contributed by atoms with Crippen molar-refractivity contribution in [3.8, 4) is 5.75 Å². The van der Waals surface area contributed by atoms with E-state index in [9.17, 15) is 4.79 Å². The van der Waals surface area contributed by atoms with Crippen molar-refractivity contribution in [2.24, 2.45) is 10.9 Å². The Bertz CT molecular complexity index is 719. The molecule has 31 heavy (non-hydrogen) atoms. The van der Waals surface area contributed by atoms with Gasteiger partial charge in [0.2, 0.25) is 5.91 Å². The van der Waals surface area contributed by atoms with Crippen molar-refractivity contribution in [3.63, 3.8) is 0 Å². The van der Waals surface area contributed by atoms with Crippen molar-refractivity contribution in [3.05, 3.63) is 29.3 Å². The standard InChI is InChI=1S/C23H36N4O3.HI/c1-3-24-23(26-12-5-11-25-22(28)18-6-4-7-18)27-15-19-9-8-17(2)14-21(19)30-20-10-13-29-16-20;/h8-9,14,18,20H,3-7,10-13,15-16H2,1-2H3,(H,25,28)(H2,24,26,27);1H. The van der Waals surface area contributed by atoms with Crippen LogP contribution in [0.25, 0.3) is 0 Å². The first-order valence-corrected chi connectivity index (χ1v) is 11.3. The molecule has 1 aromatic rings. The number of rotatable bonds is 10. The minimum Gasteiger partial charge on any atom is -0.488 e. The second-order valence-electron chi connectivity index (χ2n) is 8.11. The maximum atomic E-state index is 11.9. The zero-order valence-corrected chi connectivity index (χ0v) is 21.1. The molecule has 7 nitrogen and oxygen atoms in total. The van der Waals surface area contributed by atoms with Gasteiger partial charge < -0.3 is 25.4 Å². The molecule has 0 bridgehead atoms. The molecule has 1 aliphatic carbocycles. The van der Waals surface area contributed by atoms with Crippen LogP contribution in [-0.2, 0) is 16.1 Å². The number of aryl methyl sites for hydroxylation is 1. The zero-order chi connectivity index (χ0) is 21.2. The minimum absolute atomic E-state index is 0. The summed E-state index contributed by atoms with van der Waals surface area (Å²) in [6.45, 7) is 8.32. The fourth-order valence-electron chi connectivity index (χ4n) is 3.52. The monoisotopic (exact) mass is 544 g/mol. The zero-order valence-electron chi connectivity index (χ0n) is 18.7. The molecule has 8 heteroatoms. The van der Waals surface area contributed by atoms with E-state index in [1.54, 1.807) is 0 Å². The van der Waals surface area contributed by atoms with Crippen molar-refractivity contribution in [2.45, 2.75) is 58.6 Å². The van der Waals surface area contributed by atoms with Crippen molar-refractivity contribution < 1.29 is 14.3 Å². The van der Waals surface area contributed by atoms with E-state index in [1.807, 2.05) is 0 Å². The molecule has 1 heterocycles. The summed E-state index contributed by atoms with van der Waals surface area (Å²) in [7, 11) is 0. The number of halogens is 1. The van der Waals surface area contributed by atoms with Crippen molar-refractivity contribution in [2.75, 3.05) is 32.8 Å². The normalized spacial score (nSPS) is 18.6. The van der Waals surface area contributed by atoms with Crippen LogP contribution in [0.1, 0.15) is 50.2 Å². The molecular formula is C23H37IN4O3. The van der Waals surface area contributed by atoms with Gasteiger partial charge >= 0.3 is 0 Å². The molecule has 2 aliphatic rings. The highest BCUT2D eigenvalue weighted by molar-refractivity contribution is 14.0. The lowest BCUT2D eigenvalue weighted by molar-refractivity contribution is -0.127. The number of carbonyl (C=O) groups excluding carboxylic acids is 1. The Balaban J connectivity index is 0.00000341. The van der Waals surface area contributed by atoms with Crippen molar-refractivity contribution >= 4 is 35.8 Å². The largest absolute Gasteiger partial charge is 0.488 e. The van der Waals surface area contributed by atoms with Crippen LogP contribution in [0.3, 0.4) is 0 Å². The molecular weight excluding hydrogens is 507 g/mol. The third-order valence-electron chi connectivity index (χ3n) is 5.58. The number of hydrogen-bond donors (Lipinski definition) is 3. The fraction of sp³-hybridized carbons (Fsp3) is 0.652. The molecule has 1 aromatic carbocycles. The first-order chi connectivity index (χ1) is 14.7. The average Bonchev–Trinajstić information content (AvgIpc) is 3.18. The third kappa shape index (κ3) is 8.48. The van der Waals surface area contributed by atoms with Gasteiger partial charge in [0.05, 0.1) is 19.8 Å². The molecule has 1 unspecified atom stereocenters. The lowest BCUT2D eigenvalue weighted by atomic mass is 9.85. The molecule has 0 aromatic heterocycles. The van der Waals surface area contributed by atoms with Crippen LogP contribution >= 0.6 is 24.0 Å². The Morgan fingerprint density at radius 2 is 2.00 bits per heavy atom. The van der Waals surface area contributed by atoms with Crippen LogP contribution in [-0.4, -0.2) is 50.8 Å². The minimum atomic E-state index is 0. The van der Waals surface area contributed by atoms with Crippen molar-refractivity contribution in [1.29, 1.82) is 0 Å². The molecule has 1 amide bonds. The quantitative estimate of drug-likeness (QED) is 0.183. The van der Waals surface area contributed by atoms with Crippen molar-refractivity contribution in [1.82, 2.24) is 16.0 Å². The van der Waals surface area contributed by atoms with Gasteiger partial charge in [0.1, 0.15) is 11.9 Å². The smallest absolute Gasteiger partial charge is 0.223 e. The van der Waals surface area contributed by atoms with Gasteiger partial charge in [0, 0.05) is 37.5 Å². The molecule has 1 saturated carbocycles. The summed E-state index contributed by atoms with van der Waals surface area (Å²) in [6, 6.07) is 6.26. The van der Waals surface area contributed by atoms with E-state index >= 15 is 0 Å². The SMILES string of the molecule is CCNC(=NCc1ccc(C)cc1OC1CCOC1)NCCCNC(=O)C1CCC1.I. The Hall–Kier alpha value is -1.55. The molecule has 1 aliphatic heterocycles. The van der Waals surface area contributed by atoms with E-state index in [-0.39, 0.29) is 41.9 Å². The fourth-order valence-corrected chi connectivity index (χ4v) is 3.52. The van der Waals surface area contributed by atoms with Gasteiger partial charge in [-0.1, -0.05) is 18.6 Å². The predicted molar refractivity (Wildman–Crippen MR) is 134 cm³/mol. The van der Waals surface area contributed by atoms with E-state index in [0.717, 1.165) is 62.7 Å². The summed E-state index contributed by atoms with van der Waals surface area (Å²) in [4.78, 5) is 16.6. The van der Waals surface area contributed by atoms with E-state index < -0.39 is 0 Å². The topological polar surface area (TPSA) is 84.0 Å². The van der Waals surface area contributed by atoms with Gasteiger partial charge in [-0.3, -0.25) is 4.79 Å². The van der Waals surface area contributed by atoms with E-state index in [0.29, 0.717) is 19.7 Å². The number of amides is 1. The number of carbonyl (C=O) groups is 1. The predicted octanol–water partition coefficient (Wildman–Crippen LogP) is 3.14. The first-order valence-electron chi connectivity index (χ1n) is 11.3. The van der Waals surface area contributed by atoms with Gasteiger partial charge in [-0.25, -0.2) is 4.99 Å². The van der Waals surface area contributed by atoms with Crippen LogP contribution in [0, 0.1) is 12.8 Å². The van der Waals surface area contributed by atoms with Crippen LogP contribution in [0.4, 0.5) is 0 Å². The molecule has 174 valence electrons. The Morgan fingerprint density at radius 1 is 1.19 bits per heavy atom. The maximum absolute atomic E-state index is 11.9. The van der Waals surface area contributed by atoms with Crippen LogP contribution in [0.5, 0.6) is 5.75 Å². The molecule has 3 N–H and O–H groups in total.